The van der Waals surface area contributed by atoms with E-state index in [1.165, 1.54) is 10.9 Å². The van der Waals surface area contributed by atoms with Gasteiger partial charge in [0.05, 0.1) is 0 Å². The summed E-state index contributed by atoms with van der Waals surface area (Å²) >= 11 is 0. The van der Waals surface area contributed by atoms with Crippen LogP contribution in [0, 0.1) is 6.92 Å². The fourth-order valence-electron chi connectivity index (χ4n) is 2.08. The Labute approximate surface area is 112 Å². The van der Waals surface area contributed by atoms with Gasteiger partial charge in [0.1, 0.15) is 0 Å². The molecule has 94 valence electrons. The number of aromatic nitrogens is 2. The molecule has 0 unspecified atom stereocenters. The summed E-state index contributed by atoms with van der Waals surface area (Å²) in [6.07, 6.45) is 5.61. The minimum absolute atomic E-state index is 0.773. The molecule has 3 rings (SSSR count). The first-order valence-corrected chi connectivity index (χ1v) is 6.31. The van der Waals surface area contributed by atoms with Crippen LogP contribution in [0.1, 0.15) is 11.3 Å². The summed E-state index contributed by atoms with van der Waals surface area (Å²) in [5.74, 6) is 0. The first kappa shape index (κ1) is 11.7. The Kier molecular flexibility index (Phi) is 3.11. The number of nitrogens with one attached hydrogen (secondary N) is 1. The maximum Gasteiger partial charge on any atom is 0.0423 e. The van der Waals surface area contributed by atoms with Gasteiger partial charge >= 0.3 is 0 Å². The lowest BCUT2D eigenvalue weighted by molar-refractivity contribution is 1.09. The summed E-state index contributed by atoms with van der Waals surface area (Å²) in [6.45, 7) is 2.77. The summed E-state index contributed by atoms with van der Waals surface area (Å²) in [5, 5.41) is 5.80. The predicted molar refractivity (Wildman–Crippen MR) is 78.0 cm³/mol. The highest BCUT2D eigenvalue weighted by Gasteiger charge is 2.00. The molecule has 19 heavy (non-hydrogen) atoms. The van der Waals surface area contributed by atoms with Crippen LogP contribution in [0.15, 0.2) is 55.0 Å². The molecule has 1 aromatic carbocycles. The maximum absolute atomic E-state index is 4.30. The van der Waals surface area contributed by atoms with Crippen molar-refractivity contribution < 1.29 is 0 Å². The molecular formula is C16H15N3. The highest BCUT2D eigenvalue weighted by Crippen LogP contribution is 2.22. The first-order valence-electron chi connectivity index (χ1n) is 6.31. The third-order valence-corrected chi connectivity index (χ3v) is 3.14. The largest absolute Gasteiger partial charge is 0.380 e. The zero-order chi connectivity index (χ0) is 13.1. The van der Waals surface area contributed by atoms with Gasteiger partial charge in [0.2, 0.25) is 0 Å². The van der Waals surface area contributed by atoms with Crippen molar-refractivity contribution in [2.24, 2.45) is 0 Å². The molecule has 0 bridgehead atoms. The quantitative estimate of drug-likeness (QED) is 0.771. The highest BCUT2D eigenvalue weighted by molar-refractivity contribution is 5.93. The molecule has 0 saturated carbocycles. The lowest BCUT2D eigenvalue weighted by Gasteiger charge is -2.09. The number of rotatable bonds is 3. The molecule has 0 aliphatic carbocycles. The van der Waals surface area contributed by atoms with E-state index in [4.69, 9.17) is 0 Å². The molecule has 0 fully saturated rings. The number of nitrogens with zero attached hydrogens (tertiary/aromatic N) is 2. The van der Waals surface area contributed by atoms with Crippen molar-refractivity contribution in [3.63, 3.8) is 0 Å². The van der Waals surface area contributed by atoms with Gasteiger partial charge in [-0.05, 0) is 30.7 Å². The van der Waals surface area contributed by atoms with E-state index in [1.54, 1.807) is 0 Å². The number of fused-ring (bicyclic) bond motifs is 1. The van der Waals surface area contributed by atoms with Crippen LogP contribution in [0.2, 0.25) is 0 Å². The fourth-order valence-corrected chi connectivity index (χ4v) is 2.08. The number of hydrogen-bond acceptors (Lipinski definition) is 3. The van der Waals surface area contributed by atoms with Crippen molar-refractivity contribution in [2.75, 3.05) is 5.32 Å². The molecule has 2 aromatic heterocycles. The van der Waals surface area contributed by atoms with Gasteiger partial charge < -0.3 is 5.32 Å². The van der Waals surface area contributed by atoms with Crippen molar-refractivity contribution in [3.05, 3.63) is 66.2 Å². The zero-order valence-corrected chi connectivity index (χ0v) is 10.8. The molecule has 0 saturated heterocycles. The van der Waals surface area contributed by atoms with Crippen molar-refractivity contribution >= 4 is 16.5 Å². The van der Waals surface area contributed by atoms with Crippen LogP contribution in [-0.2, 0) is 6.54 Å². The molecule has 0 radical (unpaired) electrons. The van der Waals surface area contributed by atoms with Crippen LogP contribution in [0.3, 0.4) is 0 Å². The number of aryl methyl sites for hydroxylation is 1. The van der Waals surface area contributed by atoms with Crippen LogP contribution < -0.4 is 5.32 Å². The summed E-state index contributed by atoms with van der Waals surface area (Å²) in [5.41, 5.74) is 3.34. The van der Waals surface area contributed by atoms with Gasteiger partial charge in [-0.15, -0.1) is 0 Å². The average Bonchev–Trinajstić information content (AvgIpc) is 2.47. The highest BCUT2D eigenvalue weighted by atomic mass is 14.9. The normalized spacial score (nSPS) is 10.6. The molecular weight excluding hydrogens is 234 g/mol. The maximum atomic E-state index is 4.30. The minimum atomic E-state index is 0.773. The van der Waals surface area contributed by atoms with Crippen LogP contribution in [0.4, 0.5) is 5.69 Å². The van der Waals surface area contributed by atoms with Gasteiger partial charge in [0.25, 0.3) is 0 Å². The van der Waals surface area contributed by atoms with Crippen LogP contribution >= 0.6 is 0 Å². The molecule has 1 N–H and O–H groups in total. The molecule has 2 heterocycles. The van der Waals surface area contributed by atoms with Crippen LogP contribution in [-0.4, -0.2) is 9.97 Å². The second kappa shape index (κ2) is 5.06. The molecule has 0 atom stereocenters. The van der Waals surface area contributed by atoms with E-state index < -0.39 is 0 Å². The molecule has 3 aromatic rings. The Bertz CT molecular complexity index is 684. The standard InChI is InChI=1S/C16H15N3/c1-12-5-6-13(9-18-12)10-19-16-4-2-3-14-11-17-8-7-15(14)16/h2-9,11,19H,10H2,1H3. The number of pyridine rings is 2. The Morgan fingerprint density at radius 1 is 1.05 bits per heavy atom. The number of benzene rings is 1. The predicted octanol–water partition coefficient (Wildman–Crippen LogP) is 3.55. The summed E-state index contributed by atoms with van der Waals surface area (Å²) in [7, 11) is 0. The van der Waals surface area contributed by atoms with Crippen molar-refractivity contribution in [1.82, 2.24) is 9.97 Å². The van der Waals surface area contributed by atoms with E-state index >= 15 is 0 Å². The van der Waals surface area contributed by atoms with Crippen molar-refractivity contribution in [1.29, 1.82) is 0 Å². The Morgan fingerprint density at radius 2 is 2.00 bits per heavy atom. The monoisotopic (exact) mass is 249 g/mol. The molecule has 3 heteroatoms. The van der Waals surface area contributed by atoms with Gasteiger partial charge in [0, 0.05) is 47.3 Å². The van der Waals surface area contributed by atoms with Gasteiger partial charge in [-0.2, -0.15) is 0 Å². The number of hydrogen-bond donors (Lipinski definition) is 1. The van der Waals surface area contributed by atoms with Gasteiger partial charge in [0.15, 0.2) is 0 Å². The average molecular weight is 249 g/mol. The second-order valence-electron chi connectivity index (χ2n) is 4.56. The second-order valence-corrected chi connectivity index (χ2v) is 4.56. The Morgan fingerprint density at radius 3 is 2.84 bits per heavy atom. The minimum Gasteiger partial charge on any atom is -0.380 e. The van der Waals surface area contributed by atoms with Gasteiger partial charge in [-0.3, -0.25) is 9.97 Å². The summed E-state index contributed by atoms with van der Waals surface area (Å²) in [6, 6.07) is 12.4. The molecule has 3 nitrogen and oxygen atoms in total. The van der Waals surface area contributed by atoms with Crippen molar-refractivity contribution in [2.45, 2.75) is 13.5 Å². The van der Waals surface area contributed by atoms with E-state index in [0.29, 0.717) is 0 Å². The third-order valence-electron chi connectivity index (χ3n) is 3.14. The van der Waals surface area contributed by atoms with E-state index in [-0.39, 0.29) is 0 Å². The molecule has 0 aliphatic rings. The van der Waals surface area contributed by atoms with Crippen LogP contribution in [0.25, 0.3) is 10.8 Å². The van der Waals surface area contributed by atoms with E-state index in [0.717, 1.165) is 23.3 Å². The Balaban J connectivity index is 1.84. The van der Waals surface area contributed by atoms with Crippen LogP contribution in [0.5, 0.6) is 0 Å². The van der Waals surface area contributed by atoms with E-state index in [1.807, 2.05) is 43.7 Å². The lowest BCUT2D eigenvalue weighted by atomic mass is 10.1. The Hall–Kier alpha value is -2.42. The molecule has 0 aliphatic heterocycles. The smallest absolute Gasteiger partial charge is 0.0423 e. The fraction of sp³-hybridized carbons (Fsp3) is 0.125. The van der Waals surface area contributed by atoms with Crippen molar-refractivity contribution in [3.8, 4) is 0 Å². The molecule has 0 amide bonds. The zero-order valence-electron chi connectivity index (χ0n) is 10.8. The first-order chi connectivity index (χ1) is 9.33. The SMILES string of the molecule is Cc1ccc(CNc2cccc3cnccc23)cn1. The molecule has 0 spiro atoms. The third kappa shape index (κ3) is 2.55. The number of anilines is 1. The van der Waals surface area contributed by atoms with E-state index in [9.17, 15) is 0 Å². The van der Waals surface area contributed by atoms with E-state index in [2.05, 4.69) is 33.5 Å². The summed E-state index contributed by atoms with van der Waals surface area (Å²) in [4.78, 5) is 8.45. The lowest BCUT2D eigenvalue weighted by Crippen LogP contribution is -2.00. The topological polar surface area (TPSA) is 37.8 Å². The summed E-state index contributed by atoms with van der Waals surface area (Å²) < 4.78 is 0. The van der Waals surface area contributed by atoms with Gasteiger partial charge in [-0.1, -0.05) is 18.2 Å². The van der Waals surface area contributed by atoms with Gasteiger partial charge in [-0.25, -0.2) is 0 Å².